The molecule has 0 aromatic heterocycles. The normalized spacial score (nSPS) is 21.5. The fraction of sp³-hybridized carbons (Fsp3) is 0.462. The number of benzene rings is 1. The van der Waals surface area contributed by atoms with E-state index in [1.807, 2.05) is 39.0 Å². The van der Waals surface area contributed by atoms with Crippen LogP contribution in [0.3, 0.4) is 0 Å². The summed E-state index contributed by atoms with van der Waals surface area (Å²) in [5.74, 6) is 3.35. The Morgan fingerprint density at radius 2 is 1.43 bits per heavy atom. The van der Waals surface area contributed by atoms with Crippen LogP contribution in [-0.2, 0) is 14.3 Å². The second kappa shape index (κ2) is 13.6. The third-order valence-corrected chi connectivity index (χ3v) is 8.75. The van der Waals surface area contributed by atoms with Gasteiger partial charge in [-0.3, -0.25) is 4.79 Å². The largest absolute Gasteiger partial charge is 0.492 e. The molecule has 3 atom stereocenters. The monoisotopic (exact) mass is 597 g/mol. The Morgan fingerprint density at radius 3 is 1.93 bits per heavy atom. The summed E-state index contributed by atoms with van der Waals surface area (Å²) in [6, 6.07) is 6.98. The second-order valence-electron chi connectivity index (χ2n) is 14.0. The van der Waals surface area contributed by atoms with Crippen molar-refractivity contribution in [2.24, 2.45) is 23.2 Å². The molecular formula is C39H49O5-. The van der Waals surface area contributed by atoms with Gasteiger partial charge in [0.25, 0.3) is 0 Å². The van der Waals surface area contributed by atoms with Gasteiger partial charge in [0.05, 0.1) is 11.3 Å². The third-order valence-electron chi connectivity index (χ3n) is 8.75. The summed E-state index contributed by atoms with van der Waals surface area (Å²) in [4.78, 5) is 25.5. The first kappa shape index (κ1) is 33.3. The predicted molar refractivity (Wildman–Crippen MR) is 177 cm³/mol. The first-order valence-corrected chi connectivity index (χ1v) is 15.9. The summed E-state index contributed by atoms with van der Waals surface area (Å²) in [6.07, 6.45) is 16.0. The molecule has 0 amide bonds. The van der Waals surface area contributed by atoms with Gasteiger partial charge in [0.15, 0.2) is 5.78 Å². The van der Waals surface area contributed by atoms with Crippen LogP contribution in [0, 0.1) is 30.1 Å². The van der Waals surface area contributed by atoms with E-state index in [1.54, 1.807) is 24.3 Å². The van der Waals surface area contributed by atoms with E-state index in [2.05, 4.69) is 59.8 Å². The summed E-state index contributed by atoms with van der Waals surface area (Å²) in [7, 11) is 0. The van der Waals surface area contributed by atoms with Crippen LogP contribution < -0.4 is 4.74 Å². The molecule has 3 unspecified atom stereocenters. The molecule has 1 aromatic rings. The highest BCUT2D eigenvalue weighted by atomic mass is 16.5. The quantitative estimate of drug-likeness (QED) is 0.198. The average Bonchev–Trinajstić information content (AvgIpc) is 2.98. The van der Waals surface area contributed by atoms with Crippen molar-refractivity contribution >= 4 is 11.8 Å². The van der Waals surface area contributed by atoms with Crippen LogP contribution in [0.25, 0.3) is 0 Å². The van der Waals surface area contributed by atoms with Crippen LogP contribution in [0.1, 0.15) is 97.9 Å². The van der Waals surface area contributed by atoms with E-state index < -0.39 is 5.41 Å². The zero-order chi connectivity index (χ0) is 32.2. The molecule has 44 heavy (non-hydrogen) atoms. The number of allylic oxidation sites excluding steroid dienone is 12. The van der Waals surface area contributed by atoms with E-state index in [4.69, 9.17) is 14.2 Å². The minimum absolute atomic E-state index is 0.0635. The lowest BCUT2D eigenvalue weighted by atomic mass is 9.79. The highest BCUT2D eigenvalue weighted by Crippen LogP contribution is 2.39. The van der Waals surface area contributed by atoms with E-state index in [1.165, 1.54) is 11.1 Å². The van der Waals surface area contributed by atoms with Crippen LogP contribution >= 0.6 is 0 Å². The zero-order valence-corrected chi connectivity index (χ0v) is 27.8. The number of rotatable bonds is 10. The maximum absolute atomic E-state index is 13.0. The van der Waals surface area contributed by atoms with Crippen molar-refractivity contribution in [3.05, 3.63) is 107 Å². The van der Waals surface area contributed by atoms with Gasteiger partial charge < -0.3 is 21.1 Å². The number of esters is 1. The Labute approximate surface area is 264 Å². The minimum Gasteiger partial charge on any atom is -0.492 e. The summed E-state index contributed by atoms with van der Waals surface area (Å²) >= 11 is 0. The van der Waals surface area contributed by atoms with Gasteiger partial charge in [-0.2, -0.15) is 0 Å². The number of ether oxygens (including phenoxy) is 3. The minimum atomic E-state index is -0.391. The molecule has 236 valence electrons. The molecule has 4 rings (SSSR count). The van der Waals surface area contributed by atoms with E-state index in [0.717, 1.165) is 36.4 Å². The molecule has 0 fully saturated rings. The molecule has 0 spiro atoms. The van der Waals surface area contributed by atoms with Crippen LogP contribution in [0.15, 0.2) is 94.7 Å². The first-order valence-electron chi connectivity index (χ1n) is 15.9. The van der Waals surface area contributed by atoms with E-state index in [9.17, 15) is 9.59 Å². The Bertz CT molecular complexity index is 1440. The molecule has 0 radical (unpaired) electrons. The third kappa shape index (κ3) is 8.31. The fourth-order valence-corrected chi connectivity index (χ4v) is 5.52. The molecule has 3 aliphatic carbocycles. The zero-order valence-electron chi connectivity index (χ0n) is 27.8. The van der Waals surface area contributed by atoms with Crippen molar-refractivity contribution in [1.29, 1.82) is 0 Å². The lowest BCUT2D eigenvalue weighted by Gasteiger charge is -2.35. The fourth-order valence-electron chi connectivity index (χ4n) is 5.52. The molecule has 0 N–H and O–H groups in total. The summed E-state index contributed by atoms with van der Waals surface area (Å²) in [6.45, 7) is 21.0. The molecule has 5 heteroatoms. The highest BCUT2D eigenvalue weighted by Gasteiger charge is 2.28. The van der Waals surface area contributed by atoms with Gasteiger partial charge in [-0.25, -0.2) is 4.79 Å². The smallest absolute Gasteiger partial charge is 0.343 e. The standard InChI is InChI=1S/C39H49O5/c1-10-39(8,9)44-35-22-16-31(24-26(35)3)27(4)30-15-21-34(25(2)23-30)43-37(41)29-13-19-33(20-14-29)42-32-17-11-28(12-18-32)36(40)38(5,6)7/h11,13-17,19-22,25-27H,4,10,12,18,23-24H2,1-3,5-9H3/q-1. The number of carbonyl (C=O) groups is 2. The van der Waals surface area contributed by atoms with E-state index in [0.29, 0.717) is 35.8 Å². The van der Waals surface area contributed by atoms with E-state index in [-0.39, 0.29) is 29.2 Å². The number of carbonyl (C=O) groups excluding carboxylic acids is 2. The Morgan fingerprint density at radius 1 is 0.841 bits per heavy atom. The SMILES string of the molecule is [CH2-]C(C1=CC=C(OC(=O)c2ccc(OC3=CC=C(C(=O)C(C)(C)C)CC3)cc2)C(C)C1)C1=CC=C(OC(C)(C)CC)C(C)C1. The van der Waals surface area contributed by atoms with Crippen LogP contribution in [0.4, 0.5) is 0 Å². The molecule has 0 saturated heterocycles. The van der Waals surface area contributed by atoms with Crippen LogP contribution in [0.5, 0.6) is 5.75 Å². The van der Waals surface area contributed by atoms with Gasteiger partial charge in [0.2, 0.25) is 0 Å². The van der Waals surface area contributed by atoms with Gasteiger partial charge in [-0.1, -0.05) is 70.9 Å². The molecule has 0 heterocycles. The lowest BCUT2D eigenvalue weighted by molar-refractivity contribution is -0.122. The van der Waals surface area contributed by atoms with E-state index >= 15 is 0 Å². The molecule has 0 bridgehead atoms. The Balaban J connectivity index is 1.35. The van der Waals surface area contributed by atoms with Crippen molar-refractivity contribution in [2.75, 3.05) is 0 Å². The van der Waals surface area contributed by atoms with Crippen molar-refractivity contribution in [2.45, 2.75) is 93.1 Å². The number of Topliss-reactive ketones (excluding diaryl/α,β-unsaturated/α-hetero) is 1. The predicted octanol–water partition coefficient (Wildman–Crippen LogP) is 9.80. The summed E-state index contributed by atoms with van der Waals surface area (Å²) in [5, 5.41) is 0. The number of hydrogen-bond acceptors (Lipinski definition) is 5. The summed E-state index contributed by atoms with van der Waals surface area (Å²) < 4.78 is 18.1. The van der Waals surface area contributed by atoms with Gasteiger partial charge >= 0.3 is 5.97 Å². The number of hydrogen-bond donors (Lipinski definition) is 0. The van der Waals surface area contributed by atoms with Crippen molar-refractivity contribution < 1.29 is 23.8 Å². The number of ketones is 1. The van der Waals surface area contributed by atoms with Crippen LogP contribution in [0.2, 0.25) is 0 Å². The highest BCUT2D eigenvalue weighted by molar-refractivity contribution is 5.99. The lowest BCUT2D eigenvalue weighted by Crippen LogP contribution is -2.26. The second-order valence-corrected chi connectivity index (χ2v) is 14.0. The molecule has 0 aliphatic heterocycles. The Hall–Kier alpha value is -3.60. The van der Waals surface area contributed by atoms with Gasteiger partial charge in [0.1, 0.15) is 22.9 Å². The molecule has 0 saturated carbocycles. The maximum Gasteiger partial charge on any atom is 0.343 e. The summed E-state index contributed by atoms with van der Waals surface area (Å²) in [5.41, 5.74) is 3.27. The molecule has 5 nitrogen and oxygen atoms in total. The van der Waals surface area contributed by atoms with Crippen LogP contribution in [-0.4, -0.2) is 17.4 Å². The molecule has 3 aliphatic rings. The van der Waals surface area contributed by atoms with Gasteiger partial charge in [-0.15, -0.1) is 5.92 Å². The topological polar surface area (TPSA) is 61.8 Å². The molecule has 1 aromatic carbocycles. The van der Waals surface area contributed by atoms with Crippen molar-refractivity contribution in [3.63, 3.8) is 0 Å². The van der Waals surface area contributed by atoms with Gasteiger partial charge in [0, 0.05) is 23.7 Å². The van der Waals surface area contributed by atoms with Gasteiger partial charge in [-0.05, 0) is 87.6 Å². The maximum atomic E-state index is 13.0. The van der Waals surface area contributed by atoms with Crippen molar-refractivity contribution in [1.82, 2.24) is 0 Å². The van der Waals surface area contributed by atoms with Crippen molar-refractivity contribution in [3.8, 4) is 5.75 Å². The Kier molecular flexibility index (Phi) is 10.3. The molecular weight excluding hydrogens is 548 g/mol. The average molecular weight is 598 g/mol. The first-order chi connectivity index (χ1) is 20.7.